The summed E-state index contributed by atoms with van der Waals surface area (Å²) in [4.78, 5) is 12.3. The molecule has 0 saturated carbocycles. The molecule has 0 saturated heterocycles. The van der Waals surface area contributed by atoms with Crippen LogP contribution >= 0.6 is 12.4 Å². The summed E-state index contributed by atoms with van der Waals surface area (Å²) in [7, 11) is 0. The zero-order valence-corrected chi connectivity index (χ0v) is 14.1. The molecule has 21 heavy (non-hydrogen) atoms. The lowest BCUT2D eigenvalue weighted by Gasteiger charge is -2.33. The molecular weight excluding hydrogens is 288 g/mol. The van der Waals surface area contributed by atoms with Gasteiger partial charge in [-0.1, -0.05) is 26.8 Å². The fourth-order valence-corrected chi connectivity index (χ4v) is 1.71. The van der Waals surface area contributed by atoms with Gasteiger partial charge in [0.2, 0.25) is 0 Å². The number of amides is 1. The summed E-state index contributed by atoms with van der Waals surface area (Å²) in [6, 6.07) is 7.24. The van der Waals surface area contributed by atoms with Crippen LogP contribution in [0, 0.1) is 5.92 Å². The summed E-state index contributed by atoms with van der Waals surface area (Å²) in [5.41, 5.74) is 5.98. The van der Waals surface area contributed by atoms with E-state index in [9.17, 15) is 4.79 Å². The molecule has 0 bridgehead atoms. The summed E-state index contributed by atoms with van der Waals surface area (Å²) in [5, 5.41) is 3.02. The maximum atomic E-state index is 12.3. The molecule has 120 valence electrons. The Bertz CT molecular complexity index is 452. The quantitative estimate of drug-likeness (QED) is 0.813. The van der Waals surface area contributed by atoms with Crippen LogP contribution in [-0.4, -0.2) is 24.6 Å². The minimum absolute atomic E-state index is 0. The van der Waals surface area contributed by atoms with E-state index >= 15 is 0 Å². The summed E-state index contributed by atoms with van der Waals surface area (Å²) in [6.45, 7) is 9.17. The fraction of sp³-hybridized carbons (Fsp3) is 0.562. The lowest BCUT2D eigenvalue weighted by molar-refractivity contribution is 0.0882. The molecule has 0 aromatic heterocycles. The Morgan fingerprint density at radius 1 is 1.43 bits per heavy atom. The van der Waals surface area contributed by atoms with Crippen molar-refractivity contribution in [3.63, 3.8) is 0 Å². The Labute approximate surface area is 133 Å². The van der Waals surface area contributed by atoms with Gasteiger partial charge in [0.15, 0.2) is 0 Å². The van der Waals surface area contributed by atoms with Gasteiger partial charge in [-0.2, -0.15) is 0 Å². The highest BCUT2D eigenvalue weighted by Gasteiger charge is 2.28. The maximum Gasteiger partial charge on any atom is 0.251 e. The van der Waals surface area contributed by atoms with Crippen molar-refractivity contribution in [1.82, 2.24) is 5.32 Å². The Morgan fingerprint density at radius 2 is 2.10 bits per heavy atom. The van der Waals surface area contributed by atoms with Crippen molar-refractivity contribution >= 4 is 18.3 Å². The van der Waals surface area contributed by atoms with Crippen LogP contribution < -0.4 is 15.8 Å². The number of nitrogens with one attached hydrogen (secondary N) is 1. The number of nitrogens with two attached hydrogens (primary N) is 1. The van der Waals surface area contributed by atoms with Gasteiger partial charge in [-0.3, -0.25) is 4.79 Å². The molecule has 0 fully saturated rings. The molecule has 0 spiro atoms. The molecular formula is C16H27ClN2O2. The topological polar surface area (TPSA) is 64.3 Å². The largest absolute Gasteiger partial charge is 0.494 e. The van der Waals surface area contributed by atoms with E-state index in [1.54, 1.807) is 12.1 Å². The first-order valence-electron chi connectivity index (χ1n) is 7.18. The molecule has 0 aliphatic rings. The van der Waals surface area contributed by atoms with E-state index in [4.69, 9.17) is 10.5 Å². The van der Waals surface area contributed by atoms with E-state index in [0.29, 0.717) is 18.7 Å². The van der Waals surface area contributed by atoms with Crippen LogP contribution in [0.15, 0.2) is 24.3 Å². The number of hydrogen-bond donors (Lipinski definition) is 2. The van der Waals surface area contributed by atoms with Gasteiger partial charge in [0, 0.05) is 12.1 Å². The van der Waals surface area contributed by atoms with Crippen LogP contribution in [-0.2, 0) is 0 Å². The first kappa shape index (κ1) is 19.7. The average molecular weight is 315 g/mol. The molecule has 4 nitrogen and oxygen atoms in total. The number of benzene rings is 1. The van der Waals surface area contributed by atoms with Crippen LogP contribution in [0.4, 0.5) is 0 Å². The second-order valence-corrected chi connectivity index (χ2v) is 5.61. The van der Waals surface area contributed by atoms with Gasteiger partial charge in [-0.15, -0.1) is 12.4 Å². The van der Waals surface area contributed by atoms with Crippen molar-refractivity contribution in [2.75, 3.05) is 13.2 Å². The van der Waals surface area contributed by atoms with Gasteiger partial charge >= 0.3 is 0 Å². The third kappa shape index (κ3) is 5.56. The van der Waals surface area contributed by atoms with E-state index in [1.165, 1.54) is 0 Å². The van der Waals surface area contributed by atoms with Gasteiger partial charge in [0.1, 0.15) is 5.75 Å². The first-order chi connectivity index (χ1) is 9.42. The predicted molar refractivity (Wildman–Crippen MR) is 89.2 cm³/mol. The van der Waals surface area contributed by atoms with Gasteiger partial charge in [0.05, 0.1) is 12.1 Å². The number of carbonyl (C=O) groups excluding carboxylic acids is 1. The van der Waals surface area contributed by atoms with E-state index in [-0.39, 0.29) is 24.2 Å². The second-order valence-electron chi connectivity index (χ2n) is 5.61. The van der Waals surface area contributed by atoms with Crippen molar-refractivity contribution in [3.8, 4) is 5.75 Å². The van der Waals surface area contributed by atoms with E-state index in [0.717, 1.165) is 12.2 Å². The number of rotatable bonds is 7. The van der Waals surface area contributed by atoms with Crippen molar-refractivity contribution in [1.29, 1.82) is 0 Å². The van der Waals surface area contributed by atoms with Crippen molar-refractivity contribution in [3.05, 3.63) is 29.8 Å². The Hall–Kier alpha value is -1.26. The number of ether oxygens (including phenoxy) is 1. The number of hydrogen-bond acceptors (Lipinski definition) is 3. The highest BCUT2D eigenvalue weighted by atomic mass is 35.5. The van der Waals surface area contributed by atoms with Crippen LogP contribution in [0.3, 0.4) is 0 Å². The maximum absolute atomic E-state index is 12.3. The number of halogens is 1. The molecule has 0 aliphatic heterocycles. The standard InChI is InChI=1S/C16H26N2O2.ClH/c1-5-9-20-14-8-6-7-13(10-14)15(19)18-16(4,11-17)12(2)3;/h6-8,10,12H,5,9,11,17H2,1-4H3,(H,18,19);1H. The van der Waals surface area contributed by atoms with E-state index in [1.807, 2.05) is 39.8 Å². The molecule has 1 amide bonds. The Morgan fingerprint density at radius 3 is 2.62 bits per heavy atom. The zero-order chi connectivity index (χ0) is 15.2. The molecule has 1 aromatic carbocycles. The van der Waals surface area contributed by atoms with Crippen molar-refractivity contribution in [2.24, 2.45) is 11.7 Å². The third-order valence-corrected chi connectivity index (χ3v) is 3.67. The molecule has 3 N–H and O–H groups in total. The van der Waals surface area contributed by atoms with Crippen LogP contribution in [0.2, 0.25) is 0 Å². The van der Waals surface area contributed by atoms with Crippen LogP contribution in [0.25, 0.3) is 0 Å². The van der Waals surface area contributed by atoms with Gasteiger partial charge in [-0.05, 0) is 37.5 Å². The average Bonchev–Trinajstić information content (AvgIpc) is 2.45. The highest BCUT2D eigenvalue weighted by Crippen LogP contribution is 2.18. The molecule has 1 aromatic rings. The lowest BCUT2D eigenvalue weighted by atomic mass is 9.88. The molecule has 5 heteroatoms. The summed E-state index contributed by atoms with van der Waals surface area (Å²) < 4.78 is 5.55. The van der Waals surface area contributed by atoms with Crippen molar-refractivity contribution < 1.29 is 9.53 Å². The van der Waals surface area contributed by atoms with Crippen molar-refractivity contribution in [2.45, 2.75) is 39.7 Å². The predicted octanol–water partition coefficient (Wildman–Crippen LogP) is 3.00. The molecule has 0 radical (unpaired) electrons. The highest BCUT2D eigenvalue weighted by molar-refractivity contribution is 5.95. The summed E-state index contributed by atoms with van der Waals surface area (Å²) in [5.74, 6) is 0.864. The Balaban J connectivity index is 0.00000400. The van der Waals surface area contributed by atoms with Crippen LogP contribution in [0.1, 0.15) is 44.5 Å². The van der Waals surface area contributed by atoms with E-state index < -0.39 is 5.54 Å². The Kier molecular flexibility index (Phi) is 8.37. The SMILES string of the molecule is CCCOc1cccc(C(=O)NC(C)(CN)C(C)C)c1.Cl. The second kappa shape index (κ2) is 8.90. The molecule has 0 heterocycles. The summed E-state index contributed by atoms with van der Waals surface area (Å²) >= 11 is 0. The third-order valence-electron chi connectivity index (χ3n) is 3.67. The molecule has 1 atom stereocenters. The van der Waals surface area contributed by atoms with Crippen LogP contribution in [0.5, 0.6) is 5.75 Å². The molecule has 1 rings (SSSR count). The monoisotopic (exact) mass is 314 g/mol. The smallest absolute Gasteiger partial charge is 0.251 e. The normalized spacial score (nSPS) is 13.2. The first-order valence-corrected chi connectivity index (χ1v) is 7.18. The lowest BCUT2D eigenvalue weighted by Crippen LogP contribution is -2.55. The molecule has 0 aliphatic carbocycles. The minimum atomic E-state index is -0.405. The summed E-state index contributed by atoms with van der Waals surface area (Å²) in [6.07, 6.45) is 0.940. The molecule has 1 unspecified atom stereocenters. The minimum Gasteiger partial charge on any atom is -0.494 e. The van der Waals surface area contributed by atoms with Gasteiger partial charge in [-0.25, -0.2) is 0 Å². The van der Waals surface area contributed by atoms with Gasteiger partial charge < -0.3 is 15.8 Å². The zero-order valence-electron chi connectivity index (χ0n) is 13.3. The van der Waals surface area contributed by atoms with E-state index in [2.05, 4.69) is 5.32 Å². The van der Waals surface area contributed by atoms with Gasteiger partial charge in [0.25, 0.3) is 5.91 Å². The number of carbonyl (C=O) groups is 1. The fourth-order valence-electron chi connectivity index (χ4n) is 1.71.